The quantitative estimate of drug-likeness (QED) is 0.646. The Morgan fingerprint density at radius 3 is 2.17 bits per heavy atom. The number of unbranched alkanes of at least 4 members (excludes halogenated alkanes) is 1. The summed E-state index contributed by atoms with van der Waals surface area (Å²) in [6.45, 7) is 6.09. The Kier molecular flexibility index (Phi) is 6.39. The fourth-order valence-corrected chi connectivity index (χ4v) is 1.20. The highest BCUT2D eigenvalue weighted by molar-refractivity contribution is 4.71. The van der Waals surface area contributed by atoms with Gasteiger partial charge in [-0.2, -0.15) is 0 Å². The van der Waals surface area contributed by atoms with Crippen LogP contribution >= 0.6 is 0 Å². The normalized spacial score (nSPS) is 18.8. The average Bonchev–Trinajstić information content (AvgIpc) is 2.11. The van der Waals surface area contributed by atoms with Crippen LogP contribution < -0.4 is 0 Å². The van der Waals surface area contributed by atoms with Crippen LogP contribution in [-0.2, 0) is 0 Å². The topological polar surface area (TPSA) is 40.5 Å². The molecule has 74 valence electrons. The van der Waals surface area contributed by atoms with Crippen molar-refractivity contribution in [1.29, 1.82) is 0 Å². The van der Waals surface area contributed by atoms with Crippen LogP contribution in [-0.4, -0.2) is 22.4 Å². The summed E-state index contributed by atoms with van der Waals surface area (Å²) in [7, 11) is 0. The molecule has 0 saturated carbocycles. The second kappa shape index (κ2) is 6.44. The van der Waals surface area contributed by atoms with Crippen molar-refractivity contribution in [3.8, 4) is 0 Å². The first-order chi connectivity index (χ1) is 5.63. The Hall–Kier alpha value is -0.0800. The van der Waals surface area contributed by atoms with Gasteiger partial charge in [0.05, 0.1) is 12.2 Å². The molecule has 0 aromatic heterocycles. The van der Waals surface area contributed by atoms with E-state index < -0.39 is 12.2 Å². The van der Waals surface area contributed by atoms with E-state index in [0.717, 1.165) is 25.7 Å². The van der Waals surface area contributed by atoms with Crippen molar-refractivity contribution in [1.82, 2.24) is 0 Å². The van der Waals surface area contributed by atoms with E-state index in [1.165, 1.54) is 0 Å². The highest BCUT2D eigenvalue weighted by Gasteiger charge is 2.20. The molecule has 0 aliphatic heterocycles. The highest BCUT2D eigenvalue weighted by Crippen LogP contribution is 2.14. The van der Waals surface area contributed by atoms with Crippen molar-refractivity contribution in [2.24, 2.45) is 5.92 Å². The van der Waals surface area contributed by atoms with Crippen LogP contribution in [0, 0.1) is 5.92 Å². The van der Waals surface area contributed by atoms with Gasteiger partial charge in [-0.05, 0) is 12.3 Å². The Bertz CT molecular complexity index is 104. The zero-order valence-electron chi connectivity index (χ0n) is 8.45. The fourth-order valence-electron chi connectivity index (χ4n) is 1.20. The molecule has 0 spiro atoms. The molecule has 0 aliphatic rings. The molecule has 0 heterocycles. The minimum Gasteiger partial charge on any atom is -0.390 e. The van der Waals surface area contributed by atoms with Gasteiger partial charge in [0, 0.05) is 0 Å². The van der Waals surface area contributed by atoms with Crippen molar-refractivity contribution in [2.45, 2.75) is 58.7 Å². The summed E-state index contributed by atoms with van der Waals surface area (Å²) < 4.78 is 0. The minimum absolute atomic E-state index is 0.205. The molecule has 2 N–H and O–H groups in total. The van der Waals surface area contributed by atoms with Gasteiger partial charge >= 0.3 is 0 Å². The molecule has 3 unspecified atom stereocenters. The number of hydrogen-bond donors (Lipinski definition) is 2. The van der Waals surface area contributed by atoms with E-state index in [4.69, 9.17) is 0 Å². The summed E-state index contributed by atoms with van der Waals surface area (Å²) in [6, 6.07) is 0. The van der Waals surface area contributed by atoms with Crippen LogP contribution in [0.25, 0.3) is 0 Å². The smallest absolute Gasteiger partial charge is 0.0824 e. The van der Waals surface area contributed by atoms with Gasteiger partial charge in [0.1, 0.15) is 0 Å². The van der Waals surface area contributed by atoms with Crippen LogP contribution in [0.3, 0.4) is 0 Å². The molecular formula is C10H22O2. The van der Waals surface area contributed by atoms with E-state index in [-0.39, 0.29) is 5.92 Å². The maximum Gasteiger partial charge on any atom is 0.0824 e. The molecule has 0 bridgehead atoms. The Labute approximate surface area is 75.6 Å². The van der Waals surface area contributed by atoms with Crippen molar-refractivity contribution in [2.75, 3.05) is 0 Å². The van der Waals surface area contributed by atoms with Gasteiger partial charge in [0.15, 0.2) is 0 Å². The van der Waals surface area contributed by atoms with E-state index in [9.17, 15) is 10.2 Å². The molecule has 0 saturated heterocycles. The van der Waals surface area contributed by atoms with Crippen LogP contribution in [0.1, 0.15) is 46.5 Å². The van der Waals surface area contributed by atoms with Gasteiger partial charge in [-0.3, -0.25) is 0 Å². The lowest BCUT2D eigenvalue weighted by atomic mass is 9.94. The van der Waals surface area contributed by atoms with Crippen molar-refractivity contribution >= 4 is 0 Å². The number of aliphatic hydroxyl groups excluding tert-OH is 2. The van der Waals surface area contributed by atoms with E-state index in [1.54, 1.807) is 0 Å². The first-order valence-corrected chi connectivity index (χ1v) is 4.99. The van der Waals surface area contributed by atoms with Gasteiger partial charge in [0.25, 0.3) is 0 Å². The van der Waals surface area contributed by atoms with Crippen LogP contribution in [0.4, 0.5) is 0 Å². The van der Waals surface area contributed by atoms with Crippen molar-refractivity contribution in [3.63, 3.8) is 0 Å². The third-order valence-electron chi connectivity index (χ3n) is 2.47. The second-order valence-electron chi connectivity index (χ2n) is 3.59. The molecule has 0 aliphatic carbocycles. The van der Waals surface area contributed by atoms with Gasteiger partial charge in [-0.15, -0.1) is 0 Å². The lowest BCUT2D eigenvalue weighted by Crippen LogP contribution is -2.31. The zero-order chi connectivity index (χ0) is 9.56. The van der Waals surface area contributed by atoms with Crippen LogP contribution in [0.15, 0.2) is 0 Å². The largest absolute Gasteiger partial charge is 0.390 e. The molecule has 2 heteroatoms. The van der Waals surface area contributed by atoms with Gasteiger partial charge in [-0.25, -0.2) is 0 Å². The predicted molar refractivity (Wildman–Crippen MR) is 51.0 cm³/mol. The average molecular weight is 174 g/mol. The van der Waals surface area contributed by atoms with Crippen LogP contribution in [0.5, 0.6) is 0 Å². The SMILES string of the molecule is CCCCC(O)C(O)C(C)CC. The summed E-state index contributed by atoms with van der Waals surface area (Å²) in [5, 5.41) is 19.1. The molecule has 0 fully saturated rings. The fraction of sp³-hybridized carbons (Fsp3) is 1.00. The maximum atomic E-state index is 9.56. The molecule has 0 amide bonds. The Balaban J connectivity index is 3.67. The molecule has 0 rings (SSSR count). The molecular weight excluding hydrogens is 152 g/mol. The summed E-state index contributed by atoms with van der Waals surface area (Å²) in [5.41, 5.74) is 0. The Morgan fingerprint density at radius 2 is 1.75 bits per heavy atom. The summed E-state index contributed by atoms with van der Waals surface area (Å²) >= 11 is 0. The monoisotopic (exact) mass is 174 g/mol. The summed E-state index contributed by atoms with van der Waals surface area (Å²) in [4.78, 5) is 0. The van der Waals surface area contributed by atoms with Gasteiger partial charge in [-0.1, -0.05) is 40.0 Å². The summed E-state index contributed by atoms with van der Waals surface area (Å²) in [6.07, 6.45) is 2.65. The van der Waals surface area contributed by atoms with Crippen molar-refractivity contribution in [3.05, 3.63) is 0 Å². The molecule has 3 atom stereocenters. The zero-order valence-corrected chi connectivity index (χ0v) is 8.45. The third kappa shape index (κ3) is 4.07. The number of aliphatic hydroxyl groups is 2. The molecule has 2 nitrogen and oxygen atoms in total. The van der Waals surface area contributed by atoms with Crippen molar-refractivity contribution < 1.29 is 10.2 Å². The molecule has 0 aromatic carbocycles. The maximum absolute atomic E-state index is 9.56. The highest BCUT2D eigenvalue weighted by atomic mass is 16.3. The van der Waals surface area contributed by atoms with E-state index in [0.29, 0.717) is 0 Å². The number of rotatable bonds is 6. The van der Waals surface area contributed by atoms with Gasteiger partial charge in [0.2, 0.25) is 0 Å². The standard InChI is InChI=1S/C10H22O2/c1-4-6-7-9(11)10(12)8(3)5-2/h8-12H,4-7H2,1-3H3. The molecule has 12 heavy (non-hydrogen) atoms. The first-order valence-electron chi connectivity index (χ1n) is 4.99. The lowest BCUT2D eigenvalue weighted by Gasteiger charge is -2.22. The first kappa shape index (κ1) is 11.9. The van der Waals surface area contributed by atoms with E-state index >= 15 is 0 Å². The van der Waals surface area contributed by atoms with Gasteiger partial charge < -0.3 is 10.2 Å². The third-order valence-corrected chi connectivity index (χ3v) is 2.47. The molecule has 0 aromatic rings. The van der Waals surface area contributed by atoms with E-state index in [2.05, 4.69) is 6.92 Å². The van der Waals surface area contributed by atoms with Crippen LogP contribution in [0.2, 0.25) is 0 Å². The number of hydrogen-bond acceptors (Lipinski definition) is 2. The summed E-state index contributed by atoms with van der Waals surface area (Å²) in [5.74, 6) is 0.205. The lowest BCUT2D eigenvalue weighted by molar-refractivity contribution is -0.0183. The second-order valence-corrected chi connectivity index (χ2v) is 3.59. The predicted octanol–water partition coefficient (Wildman–Crippen LogP) is 1.94. The minimum atomic E-state index is -0.540. The Morgan fingerprint density at radius 1 is 1.17 bits per heavy atom. The van der Waals surface area contributed by atoms with E-state index in [1.807, 2.05) is 13.8 Å². The molecule has 0 radical (unpaired) electrons.